The number of rotatable bonds is 8. The monoisotopic (exact) mass is 420 g/mol. The summed E-state index contributed by atoms with van der Waals surface area (Å²) in [5.41, 5.74) is 6.37. The maximum absolute atomic E-state index is 12.8. The number of nitrogens with two attached hydrogens (primary N) is 1. The molecule has 4 N–H and O–H groups in total. The van der Waals surface area contributed by atoms with Crippen molar-refractivity contribution in [1.29, 1.82) is 0 Å². The molecule has 3 rings (SSSR count). The molecule has 1 saturated heterocycles. The van der Waals surface area contributed by atoms with Gasteiger partial charge in [0.05, 0.1) is 0 Å². The second kappa shape index (κ2) is 9.70. The van der Waals surface area contributed by atoms with Gasteiger partial charge in [-0.1, -0.05) is 23.2 Å². The lowest BCUT2D eigenvalue weighted by atomic mass is 9.82. The van der Waals surface area contributed by atoms with Crippen LogP contribution in [0.25, 0.3) is 0 Å². The van der Waals surface area contributed by atoms with E-state index in [2.05, 4.69) is 15.6 Å². The van der Waals surface area contributed by atoms with Crippen LogP contribution in [-0.4, -0.2) is 30.5 Å². The highest BCUT2D eigenvalue weighted by Crippen LogP contribution is 2.34. The van der Waals surface area contributed by atoms with Gasteiger partial charge in [-0.25, -0.2) is 0 Å². The molecule has 0 radical (unpaired) electrons. The van der Waals surface area contributed by atoms with Gasteiger partial charge < -0.3 is 11.1 Å². The van der Waals surface area contributed by atoms with Crippen molar-refractivity contribution in [3.8, 4) is 0 Å². The molecular weight excluding hydrogens is 395 g/mol. The maximum Gasteiger partial charge on any atom is 0.242 e. The molecule has 0 spiro atoms. The third kappa shape index (κ3) is 5.03. The minimum absolute atomic E-state index is 0.372. The predicted octanol–water partition coefficient (Wildman–Crippen LogP) is 3.29. The first kappa shape index (κ1) is 21.1. The van der Waals surface area contributed by atoms with Crippen LogP contribution in [0.2, 0.25) is 10.0 Å². The number of aromatic nitrogens is 1. The summed E-state index contributed by atoms with van der Waals surface area (Å²) in [5.74, 6) is 0.161. The van der Waals surface area contributed by atoms with Gasteiger partial charge in [-0.05, 0) is 80.7 Å². The summed E-state index contributed by atoms with van der Waals surface area (Å²) in [6, 6.07) is 8.90. The standard InChI is InChI=1S/C21H26Cl2N4O/c22-17-1-2-19(23)18(13-17)21(20(24)28,14-16-5-10-26-11-6-16)27-12-7-15-3-8-25-9-4-15/h1-2,5-6,10-11,13,15,25,27H,3-4,7-9,12,14H2,(H2,24,28). The number of piperidine rings is 1. The Morgan fingerprint density at radius 1 is 1.21 bits per heavy atom. The molecule has 2 aromatic rings. The van der Waals surface area contributed by atoms with Crippen LogP contribution in [-0.2, 0) is 16.8 Å². The molecule has 5 nitrogen and oxygen atoms in total. The van der Waals surface area contributed by atoms with Crippen molar-refractivity contribution in [2.45, 2.75) is 31.2 Å². The first-order valence-corrected chi connectivity index (χ1v) is 10.4. The van der Waals surface area contributed by atoms with Crippen molar-refractivity contribution in [2.24, 2.45) is 11.7 Å². The number of primary amides is 1. The summed E-state index contributed by atoms with van der Waals surface area (Å²) in [4.78, 5) is 16.9. The Kier molecular flexibility index (Phi) is 7.30. The number of nitrogens with zero attached hydrogens (tertiary/aromatic N) is 1. The molecular formula is C21H26Cl2N4O. The number of carbonyl (C=O) groups is 1. The number of hydrogen-bond donors (Lipinski definition) is 3. The lowest BCUT2D eigenvalue weighted by Crippen LogP contribution is -2.55. The highest BCUT2D eigenvalue weighted by molar-refractivity contribution is 6.34. The Morgan fingerprint density at radius 2 is 1.93 bits per heavy atom. The minimum atomic E-state index is -1.14. The van der Waals surface area contributed by atoms with Gasteiger partial charge >= 0.3 is 0 Å². The zero-order chi connectivity index (χ0) is 20.0. The molecule has 1 unspecified atom stereocenters. The smallest absolute Gasteiger partial charge is 0.242 e. The van der Waals surface area contributed by atoms with Crippen molar-refractivity contribution < 1.29 is 4.79 Å². The fraction of sp³-hybridized carbons (Fsp3) is 0.429. The van der Waals surface area contributed by atoms with Gasteiger partial charge in [0.2, 0.25) is 5.91 Å². The Balaban J connectivity index is 1.90. The van der Waals surface area contributed by atoms with Crippen LogP contribution in [0.1, 0.15) is 30.4 Å². The van der Waals surface area contributed by atoms with Gasteiger partial charge in [-0.3, -0.25) is 15.1 Å². The van der Waals surface area contributed by atoms with E-state index in [0.717, 1.165) is 37.9 Å². The summed E-state index contributed by atoms with van der Waals surface area (Å²) in [6.45, 7) is 2.76. The third-order valence-electron chi connectivity index (χ3n) is 5.47. The third-order valence-corrected chi connectivity index (χ3v) is 6.03. The molecule has 1 aromatic carbocycles. The van der Waals surface area contributed by atoms with E-state index in [-0.39, 0.29) is 0 Å². The number of carbonyl (C=O) groups excluding carboxylic acids is 1. The van der Waals surface area contributed by atoms with Crippen molar-refractivity contribution in [3.05, 3.63) is 63.9 Å². The van der Waals surface area contributed by atoms with Gasteiger partial charge in [-0.15, -0.1) is 0 Å². The highest BCUT2D eigenvalue weighted by atomic mass is 35.5. The van der Waals surface area contributed by atoms with Crippen molar-refractivity contribution in [3.63, 3.8) is 0 Å². The molecule has 0 bridgehead atoms. The minimum Gasteiger partial charge on any atom is -0.368 e. The number of benzene rings is 1. The van der Waals surface area contributed by atoms with E-state index in [0.29, 0.717) is 34.5 Å². The fourth-order valence-corrected chi connectivity index (χ4v) is 4.30. The van der Waals surface area contributed by atoms with Crippen LogP contribution in [0.15, 0.2) is 42.7 Å². The van der Waals surface area contributed by atoms with Crippen LogP contribution in [0.5, 0.6) is 0 Å². The van der Waals surface area contributed by atoms with E-state index < -0.39 is 11.4 Å². The van der Waals surface area contributed by atoms with Gasteiger partial charge in [0.25, 0.3) is 0 Å². The molecule has 1 amide bonds. The second-order valence-corrected chi connectivity index (χ2v) is 8.18. The second-order valence-electron chi connectivity index (χ2n) is 7.33. The van der Waals surface area contributed by atoms with Gasteiger partial charge in [-0.2, -0.15) is 0 Å². The molecule has 1 fully saturated rings. The zero-order valence-corrected chi connectivity index (χ0v) is 17.3. The highest BCUT2D eigenvalue weighted by Gasteiger charge is 2.40. The predicted molar refractivity (Wildman–Crippen MR) is 113 cm³/mol. The fourth-order valence-electron chi connectivity index (χ4n) is 3.85. The van der Waals surface area contributed by atoms with E-state index in [1.165, 1.54) is 0 Å². The molecule has 1 aliphatic heterocycles. The van der Waals surface area contributed by atoms with E-state index in [9.17, 15) is 4.79 Å². The van der Waals surface area contributed by atoms with Crippen LogP contribution in [0, 0.1) is 5.92 Å². The topological polar surface area (TPSA) is 80.0 Å². The van der Waals surface area contributed by atoms with E-state index in [1.807, 2.05) is 12.1 Å². The van der Waals surface area contributed by atoms with Crippen LogP contribution < -0.4 is 16.4 Å². The molecule has 0 saturated carbocycles. The Labute approximate surface area is 176 Å². The average Bonchev–Trinajstić information content (AvgIpc) is 2.70. The van der Waals surface area contributed by atoms with E-state index in [4.69, 9.17) is 28.9 Å². The molecule has 1 atom stereocenters. The molecule has 150 valence electrons. The number of nitrogens with one attached hydrogen (secondary N) is 2. The Morgan fingerprint density at radius 3 is 2.61 bits per heavy atom. The normalized spacial score (nSPS) is 17.2. The summed E-state index contributed by atoms with van der Waals surface area (Å²) >= 11 is 12.7. The molecule has 1 aliphatic rings. The number of hydrogen-bond acceptors (Lipinski definition) is 4. The van der Waals surface area contributed by atoms with Crippen LogP contribution >= 0.6 is 23.2 Å². The van der Waals surface area contributed by atoms with Gasteiger partial charge in [0, 0.05) is 34.4 Å². The van der Waals surface area contributed by atoms with Gasteiger partial charge in [0.15, 0.2) is 0 Å². The number of amides is 1. The zero-order valence-electron chi connectivity index (χ0n) is 15.8. The largest absolute Gasteiger partial charge is 0.368 e. The van der Waals surface area contributed by atoms with Crippen molar-refractivity contribution in [1.82, 2.24) is 15.6 Å². The molecule has 1 aromatic heterocycles. The van der Waals surface area contributed by atoms with Crippen LogP contribution in [0.4, 0.5) is 0 Å². The van der Waals surface area contributed by atoms with E-state index in [1.54, 1.807) is 30.6 Å². The average molecular weight is 421 g/mol. The molecule has 28 heavy (non-hydrogen) atoms. The maximum atomic E-state index is 12.8. The van der Waals surface area contributed by atoms with Gasteiger partial charge in [0.1, 0.15) is 5.54 Å². The lowest BCUT2D eigenvalue weighted by molar-refractivity contribution is -0.124. The van der Waals surface area contributed by atoms with E-state index >= 15 is 0 Å². The summed E-state index contributed by atoms with van der Waals surface area (Å²) < 4.78 is 0. The molecule has 2 heterocycles. The van der Waals surface area contributed by atoms with Crippen molar-refractivity contribution >= 4 is 29.1 Å². The molecule has 7 heteroatoms. The SMILES string of the molecule is NC(=O)C(Cc1ccncc1)(NCCC1CCNCC1)c1cc(Cl)ccc1Cl. The Bertz CT molecular complexity index is 796. The first-order chi connectivity index (χ1) is 13.5. The Hall–Kier alpha value is -1.66. The molecule has 0 aliphatic carbocycles. The quantitative estimate of drug-likeness (QED) is 0.611. The van der Waals surface area contributed by atoms with Crippen molar-refractivity contribution in [2.75, 3.05) is 19.6 Å². The number of pyridine rings is 1. The first-order valence-electron chi connectivity index (χ1n) is 9.61. The summed E-state index contributed by atoms with van der Waals surface area (Å²) in [6.07, 6.45) is 7.05. The van der Waals surface area contributed by atoms with Crippen LogP contribution in [0.3, 0.4) is 0 Å². The summed E-state index contributed by atoms with van der Waals surface area (Å²) in [5, 5.41) is 7.81. The lowest BCUT2D eigenvalue weighted by Gasteiger charge is -2.34. The number of halogens is 2. The summed E-state index contributed by atoms with van der Waals surface area (Å²) in [7, 11) is 0.